The van der Waals surface area contributed by atoms with E-state index in [1.807, 2.05) is 30.3 Å². The van der Waals surface area contributed by atoms with Gasteiger partial charge < -0.3 is 33.5 Å². The molecule has 1 saturated heterocycles. The molecule has 2 aliphatic carbocycles. The highest BCUT2D eigenvalue weighted by molar-refractivity contribution is 6.66. The number of hydrogen-bond donors (Lipinski definition) is 1. The maximum Gasteiger partial charge on any atom is 0.512 e. The SMILES string of the molecule is CC(=O)OC12COC1CC(OC(=O)OC(Cl)(Cl)Cl)C(C)(C(=O)C(C)C1=C(C)C(OC(=O)/C=C/c3ccccc3)CC(O)(COC(=O)c3ccccc3)C1(C)C)C2C. The Morgan fingerprint density at radius 1 is 0.982 bits per heavy atom. The second kappa shape index (κ2) is 16.7. The van der Waals surface area contributed by atoms with E-state index in [1.54, 1.807) is 78.0 Å². The van der Waals surface area contributed by atoms with E-state index < -0.39 is 92.6 Å². The zero-order valence-electron chi connectivity index (χ0n) is 32.7. The van der Waals surface area contributed by atoms with Crippen molar-refractivity contribution in [3.63, 3.8) is 0 Å². The highest BCUT2D eigenvalue weighted by Gasteiger charge is 2.70. The van der Waals surface area contributed by atoms with Gasteiger partial charge in [0.25, 0.3) is 0 Å². The zero-order chi connectivity index (χ0) is 42.1. The average molecular weight is 850 g/mol. The summed E-state index contributed by atoms with van der Waals surface area (Å²) < 4.78 is 31.4. The Kier molecular flexibility index (Phi) is 13.0. The second-order valence-corrected chi connectivity index (χ2v) is 17.8. The smallest absolute Gasteiger partial charge is 0.459 e. The maximum atomic E-state index is 15.4. The minimum Gasteiger partial charge on any atom is -0.459 e. The normalized spacial score (nSPS) is 29.9. The Morgan fingerprint density at radius 3 is 2.16 bits per heavy atom. The van der Waals surface area contributed by atoms with E-state index in [4.69, 9.17) is 63.2 Å². The summed E-state index contributed by atoms with van der Waals surface area (Å²) in [5.74, 6) is -4.36. The third-order valence-electron chi connectivity index (χ3n) is 12.1. The highest BCUT2D eigenvalue weighted by atomic mass is 35.6. The lowest BCUT2D eigenvalue weighted by Crippen LogP contribution is -2.74. The van der Waals surface area contributed by atoms with Gasteiger partial charge in [-0.25, -0.2) is 14.4 Å². The van der Waals surface area contributed by atoms with Gasteiger partial charge in [0.1, 0.15) is 36.3 Å². The molecule has 0 aromatic heterocycles. The van der Waals surface area contributed by atoms with Crippen LogP contribution in [0.2, 0.25) is 0 Å². The fraction of sp³-hybridized carbons (Fsp3) is 0.500. The summed E-state index contributed by atoms with van der Waals surface area (Å²) in [5, 5.41) is 12.6. The van der Waals surface area contributed by atoms with Gasteiger partial charge in [-0.2, -0.15) is 0 Å². The number of carbonyl (C=O) groups excluding carboxylic acids is 5. The van der Waals surface area contributed by atoms with Crippen molar-refractivity contribution in [1.82, 2.24) is 0 Å². The van der Waals surface area contributed by atoms with Crippen molar-refractivity contribution in [3.05, 3.63) is 89.0 Å². The average Bonchev–Trinajstić information content (AvgIpc) is 3.13. The first-order valence-electron chi connectivity index (χ1n) is 18.5. The van der Waals surface area contributed by atoms with E-state index in [-0.39, 0.29) is 25.0 Å². The lowest BCUT2D eigenvalue weighted by Gasteiger charge is -2.61. The summed E-state index contributed by atoms with van der Waals surface area (Å²) in [6.07, 6.45) is -1.84. The number of carbonyl (C=O) groups is 5. The van der Waals surface area contributed by atoms with Crippen LogP contribution in [0.15, 0.2) is 77.9 Å². The molecule has 12 nitrogen and oxygen atoms in total. The van der Waals surface area contributed by atoms with Crippen molar-refractivity contribution in [2.24, 2.45) is 22.7 Å². The molecule has 1 N–H and O–H groups in total. The fourth-order valence-electron chi connectivity index (χ4n) is 8.72. The molecule has 0 spiro atoms. The molecule has 2 fully saturated rings. The standard InChI is InChI=1S/C42H47Cl3O12/c1-24-30(54-33(47)19-18-28-14-10-8-11-15-28)21-40(51,22-53-36(49)29-16-12-9-13-17-29)38(5,6)34(24)25(2)35(48)39(7)26(3)41(56-27(4)46)23-52-32(41)20-31(39)55-37(50)57-42(43,44)45/h8-19,25-26,30-32,51H,20-23H2,1-7H3/b19-18+. The summed E-state index contributed by atoms with van der Waals surface area (Å²) in [6, 6.07) is 17.4. The molecule has 0 amide bonds. The van der Waals surface area contributed by atoms with Gasteiger partial charge in [-0.05, 0) is 83.6 Å². The highest BCUT2D eigenvalue weighted by Crippen LogP contribution is 2.58. The van der Waals surface area contributed by atoms with Crippen LogP contribution in [0.25, 0.3) is 6.08 Å². The molecule has 1 saturated carbocycles. The molecule has 308 valence electrons. The fourth-order valence-corrected chi connectivity index (χ4v) is 8.91. The number of hydrogen-bond acceptors (Lipinski definition) is 12. The molecule has 3 aliphatic rings. The van der Waals surface area contributed by atoms with Crippen LogP contribution < -0.4 is 0 Å². The Morgan fingerprint density at radius 2 is 1.60 bits per heavy atom. The summed E-state index contributed by atoms with van der Waals surface area (Å²) in [7, 11) is 0. The number of esters is 3. The largest absolute Gasteiger partial charge is 0.512 e. The van der Waals surface area contributed by atoms with E-state index in [9.17, 15) is 24.3 Å². The number of aliphatic hydroxyl groups is 1. The molecule has 5 rings (SSSR count). The number of Topliss-reactive ketones (excluding diaryl/α,β-unsaturated/α-hetero) is 1. The number of ether oxygens (including phenoxy) is 6. The van der Waals surface area contributed by atoms with Crippen LogP contribution in [-0.2, 0) is 42.8 Å². The molecule has 15 heteroatoms. The Labute approximate surface area is 346 Å². The van der Waals surface area contributed by atoms with Crippen molar-refractivity contribution in [2.75, 3.05) is 13.2 Å². The molecule has 1 heterocycles. The maximum absolute atomic E-state index is 15.4. The van der Waals surface area contributed by atoms with E-state index in [2.05, 4.69) is 0 Å². The molecular weight excluding hydrogens is 803 g/mol. The van der Waals surface area contributed by atoms with Gasteiger partial charge >= 0.3 is 28.0 Å². The topological polar surface area (TPSA) is 161 Å². The molecule has 2 aromatic rings. The number of halogens is 3. The van der Waals surface area contributed by atoms with Crippen LogP contribution >= 0.6 is 34.8 Å². The van der Waals surface area contributed by atoms with Gasteiger partial charge in [-0.3, -0.25) is 9.59 Å². The van der Waals surface area contributed by atoms with E-state index in [1.165, 1.54) is 13.0 Å². The first-order chi connectivity index (χ1) is 26.6. The lowest BCUT2D eigenvalue weighted by molar-refractivity contribution is -0.315. The third-order valence-corrected chi connectivity index (χ3v) is 12.3. The van der Waals surface area contributed by atoms with Crippen LogP contribution in [0.4, 0.5) is 4.79 Å². The quantitative estimate of drug-likeness (QED) is 0.0771. The van der Waals surface area contributed by atoms with Gasteiger partial charge in [0.05, 0.1) is 17.6 Å². The van der Waals surface area contributed by atoms with Crippen molar-refractivity contribution in [3.8, 4) is 0 Å². The van der Waals surface area contributed by atoms with Crippen molar-refractivity contribution in [1.29, 1.82) is 0 Å². The summed E-state index contributed by atoms with van der Waals surface area (Å²) in [6.45, 7) is 10.8. The van der Waals surface area contributed by atoms with Crippen molar-refractivity contribution in [2.45, 2.75) is 94.8 Å². The number of benzene rings is 2. The van der Waals surface area contributed by atoms with Crippen molar-refractivity contribution >= 4 is 70.7 Å². The van der Waals surface area contributed by atoms with Gasteiger partial charge in [-0.1, -0.05) is 76.2 Å². The minimum absolute atomic E-state index is 0.0186. The molecule has 2 aromatic carbocycles. The number of ketones is 1. The van der Waals surface area contributed by atoms with E-state index >= 15 is 4.79 Å². The predicted molar refractivity (Wildman–Crippen MR) is 210 cm³/mol. The monoisotopic (exact) mass is 848 g/mol. The Hall–Kier alpha value is -3.94. The predicted octanol–water partition coefficient (Wildman–Crippen LogP) is 7.75. The first-order valence-corrected chi connectivity index (χ1v) is 19.6. The minimum atomic E-state index is -2.47. The molecule has 1 aliphatic heterocycles. The van der Waals surface area contributed by atoms with Gasteiger partial charge in [0.2, 0.25) is 0 Å². The lowest BCUT2D eigenvalue weighted by atomic mass is 9.51. The van der Waals surface area contributed by atoms with Crippen LogP contribution in [-0.4, -0.2) is 81.7 Å². The molecule has 0 radical (unpaired) electrons. The summed E-state index contributed by atoms with van der Waals surface area (Å²) in [5.41, 5.74) is -4.16. The Balaban J connectivity index is 1.56. The van der Waals surface area contributed by atoms with Crippen LogP contribution in [0.3, 0.4) is 0 Å². The van der Waals surface area contributed by atoms with E-state index in [0.29, 0.717) is 11.1 Å². The number of alkyl halides is 3. The molecule has 57 heavy (non-hydrogen) atoms. The van der Waals surface area contributed by atoms with Gasteiger partial charge in [0.15, 0.2) is 5.60 Å². The molecule has 0 bridgehead atoms. The Bertz CT molecular complexity index is 1930. The van der Waals surface area contributed by atoms with Crippen molar-refractivity contribution < 1.29 is 57.5 Å². The van der Waals surface area contributed by atoms with Gasteiger partial charge in [-0.15, -0.1) is 0 Å². The number of rotatable bonds is 11. The van der Waals surface area contributed by atoms with Crippen LogP contribution in [0, 0.1) is 22.7 Å². The first kappa shape index (κ1) is 44.2. The second-order valence-electron chi connectivity index (χ2n) is 15.6. The van der Waals surface area contributed by atoms with Gasteiger partial charge in [0, 0.05) is 43.1 Å². The summed E-state index contributed by atoms with van der Waals surface area (Å²) in [4.78, 5) is 67.3. The van der Waals surface area contributed by atoms with Crippen LogP contribution in [0.1, 0.15) is 77.2 Å². The van der Waals surface area contributed by atoms with Crippen LogP contribution in [0.5, 0.6) is 0 Å². The summed E-state index contributed by atoms with van der Waals surface area (Å²) >= 11 is 17.1. The number of fused-ring (bicyclic) bond motifs is 1. The molecule has 8 unspecified atom stereocenters. The zero-order valence-corrected chi connectivity index (χ0v) is 35.0. The molecular formula is C42H47Cl3O12. The van der Waals surface area contributed by atoms with E-state index in [0.717, 1.165) is 5.56 Å². The molecule has 8 atom stereocenters. The third kappa shape index (κ3) is 8.90.